The number of nitrogens with two attached hydrogens (primary N) is 2. The molecule has 0 aliphatic rings. The van der Waals surface area contributed by atoms with Gasteiger partial charge in [-0.05, 0) is 0 Å². The van der Waals surface area contributed by atoms with Gasteiger partial charge in [0.25, 0.3) is 0 Å². The van der Waals surface area contributed by atoms with E-state index in [0.29, 0.717) is 11.2 Å². The van der Waals surface area contributed by atoms with Crippen LogP contribution in [-0.4, -0.2) is 47.8 Å². The predicted molar refractivity (Wildman–Crippen MR) is 60.9 cm³/mol. The van der Waals surface area contributed by atoms with Crippen LogP contribution in [0.2, 0.25) is 0 Å². The zero-order valence-electron chi connectivity index (χ0n) is 9.26. The molecule has 2 aromatic heterocycles. The van der Waals surface area contributed by atoms with Crippen LogP contribution in [0.25, 0.3) is 11.2 Å². The van der Waals surface area contributed by atoms with E-state index >= 15 is 0 Å². The standard InChI is InChI=1S/C9H12N6O3/c10-7-5-9(13-2-12-7)15(3-14-5)1-4(16)6(17)8(11)18/h2-4,6,16-17H,1H2,(H2,11,18)(H2,10,12,13). The van der Waals surface area contributed by atoms with Gasteiger partial charge in [-0.15, -0.1) is 0 Å². The van der Waals surface area contributed by atoms with Gasteiger partial charge < -0.3 is 26.2 Å². The molecule has 2 atom stereocenters. The molecule has 18 heavy (non-hydrogen) atoms. The van der Waals surface area contributed by atoms with Gasteiger partial charge in [-0.25, -0.2) is 15.0 Å². The number of fused-ring (bicyclic) bond motifs is 1. The third-order valence-corrected chi connectivity index (χ3v) is 2.47. The van der Waals surface area contributed by atoms with E-state index in [1.807, 2.05) is 0 Å². The van der Waals surface area contributed by atoms with Crippen LogP contribution in [0.1, 0.15) is 0 Å². The van der Waals surface area contributed by atoms with Crippen molar-refractivity contribution in [1.82, 2.24) is 19.5 Å². The van der Waals surface area contributed by atoms with Crippen molar-refractivity contribution in [2.24, 2.45) is 5.73 Å². The van der Waals surface area contributed by atoms with E-state index in [4.69, 9.17) is 11.5 Å². The topological polar surface area (TPSA) is 153 Å². The van der Waals surface area contributed by atoms with E-state index in [1.54, 1.807) is 0 Å². The van der Waals surface area contributed by atoms with Gasteiger partial charge in [0.05, 0.1) is 12.9 Å². The first-order valence-corrected chi connectivity index (χ1v) is 5.07. The van der Waals surface area contributed by atoms with E-state index in [2.05, 4.69) is 15.0 Å². The number of imidazole rings is 1. The number of aliphatic hydroxyl groups excluding tert-OH is 2. The van der Waals surface area contributed by atoms with Crippen molar-refractivity contribution < 1.29 is 15.0 Å². The van der Waals surface area contributed by atoms with E-state index in [-0.39, 0.29) is 12.4 Å². The summed E-state index contributed by atoms with van der Waals surface area (Å²) in [4.78, 5) is 22.4. The molecule has 2 aromatic rings. The van der Waals surface area contributed by atoms with Crippen molar-refractivity contribution in [1.29, 1.82) is 0 Å². The second kappa shape index (κ2) is 4.55. The minimum Gasteiger partial charge on any atom is -0.388 e. The number of hydrogen-bond acceptors (Lipinski definition) is 7. The monoisotopic (exact) mass is 252 g/mol. The molecule has 0 aliphatic carbocycles. The Hall–Kier alpha value is -2.26. The number of rotatable bonds is 4. The van der Waals surface area contributed by atoms with Crippen LogP contribution in [0, 0.1) is 0 Å². The molecule has 0 fully saturated rings. The van der Waals surface area contributed by atoms with Crippen LogP contribution in [0.5, 0.6) is 0 Å². The smallest absolute Gasteiger partial charge is 0.249 e. The van der Waals surface area contributed by atoms with Gasteiger partial charge in [0.2, 0.25) is 5.91 Å². The maximum Gasteiger partial charge on any atom is 0.249 e. The Labute approximate surface area is 101 Å². The Balaban J connectivity index is 2.27. The molecule has 0 aliphatic heterocycles. The first-order chi connectivity index (χ1) is 8.50. The number of nitrogens with zero attached hydrogens (tertiary/aromatic N) is 4. The summed E-state index contributed by atoms with van der Waals surface area (Å²) in [6.45, 7) is -0.0863. The van der Waals surface area contributed by atoms with Crippen molar-refractivity contribution in [2.75, 3.05) is 5.73 Å². The lowest BCUT2D eigenvalue weighted by Gasteiger charge is -2.15. The van der Waals surface area contributed by atoms with Gasteiger partial charge in [-0.3, -0.25) is 4.79 Å². The summed E-state index contributed by atoms with van der Waals surface area (Å²) >= 11 is 0. The van der Waals surface area contributed by atoms with Crippen molar-refractivity contribution in [3.63, 3.8) is 0 Å². The largest absolute Gasteiger partial charge is 0.388 e. The highest BCUT2D eigenvalue weighted by molar-refractivity contribution is 5.81. The van der Waals surface area contributed by atoms with Crippen molar-refractivity contribution in [3.8, 4) is 0 Å². The zero-order chi connectivity index (χ0) is 13.3. The number of carbonyl (C=O) groups is 1. The first kappa shape index (κ1) is 12.2. The molecule has 96 valence electrons. The molecule has 1 amide bonds. The van der Waals surface area contributed by atoms with Crippen LogP contribution < -0.4 is 11.5 Å². The fourth-order valence-electron chi connectivity index (χ4n) is 1.52. The average Bonchev–Trinajstić information content (AvgIpc) is 2.73. The molecule has 0 spiro atoms. The van der Waals surface area contributed by atoms with E-state index < -0.39 is 18.1 Å². The Morgan fingerprint density at radius 3 is 2.78 bits per heavy atom. The molecule has 6 N–H and O–H groups in total. The normalized spacial score (nSPS) is 14.6. The van der Waals surface area contributed by atoms with E-state index in [1.165, 1.54) is 17.2 Å². The third-order valence-electron chi connectivity index (χ3n) is 2.47. The molecule has 0 saturated heterocycles. The number of hydrogen-bond donors (Lipinski definition) is 4. The molecule has 0 bridgehead atoms. The van der Waals surface area contributed by atoms with E-state index in [0.717, 1.165) is 0 Å². The van der Waals surface area contributed by atoms with Crippen molar-refractivity contribution >= 4 is 22.9 Å². The summed E-state index contributed by atoms with van der Waals surface area (Å²) in [5.74, 6) is -0.787. The van der Waals surface area contributed by atoms with Crippen molar-refractivity contribution in [2.45, 2.75) is 18.8 Å². The average molecular weight is 252 g/mol. The number of anilines is 1. The zero-order valence-corrected chi connectivity index (χ0v) is 9.26. The maximum absolute atomic E-state index is 10.7. The summed E-state index contributed by atoms with van der Waals surface area (Å²) < 4.78 is 1.45. The van der Waals surface area contributed by atoms with Crippen LogP contribution in [0.15, 0.2) is 12.7 Å². The minimum atomic E-state index is -1.65. The van der Waals surface area contributed by atoms with Gasteiger partial charge in [-0.1, -0.05) is 0 Å². The SMILES string of the molecule is NC(=O)C(O)C(O)Cn1cnc2c(N)ncnc21. The molecule has 0 saturated carbocycles. The second-order valence-electron chi connectivity index (χ2n) is 3.74. The summed E-state index contributed by atoms with van der Waals surface area (Å²) in [7, 11) is 0. The first-order valence-electron chi connectivity index (χ1n) is 5.07. The lowest BCUT2D eigenvalue weighted by molar-refractivity contribution is -0.132. The number of primary amides is 1. The van der Waals surface area contributed by atoms with Crippen molar-refractivity contribution in [3.05, 3.63) is 12.7 Å². The number of nitrogen functional groups attached to an aromatic ring is 1. The Bertz CT molecular complexity index is 583. The van der Waals surface area contributed by atoms with Gasteiger partial charge in [0.15, 0.2) is 17.6 Å². The molecule has 2 heterocycles. The number of aliphatic hydroxyl groups is 2. The molecule has 2 rings (SSSR count). The fourth-order valence-corrected chi connectivity index (χ4v) is 1.52. The number of aromatic nitrogens is 4. The fraction of sp³-hybridized carbons (Fsp3) is 0.333. The number of amides is 1. The predicted octanol–water partition coefficient (Wildman–Crippen LogP) is -2.38. The number of carbonyl (C=O) groups excluding carboxylic acids is 1. The molecular formula is C9H12N6O3. The third kappa shape index (κ3) is 2.08. The second-order valence-corrected chi connectivity index (χ2v) is 3.74. The molecule has 9 nitrogen and oxygen atoms in total. The lowest BCUT2D eigenvalue weighted by Crippen LogP contribution is -2.40. The highest BCUT2D eigenvalue weighted by atomic mass is 16.3. The van der Waals surface area contributed by atoms with E-state index in [9.17, 15) is 15.0 Å². The summed E-state index contributed by atoms with van der Waals surface area (Å²) in [5.41, 5.74) is 11.3. The van der Waals surface area contributed by atoms with Crippen LogP contribution >= 0.6 is 0 Å². The molecule has 2 unspecified atom stereocenters. The molecule has 0 aromatic carbocycles. The van der Waals surface area contributed by atoms with Crippen LogP contribution in [0.3, 0.4) is 0 Å². The van der Waals surface area contributed by atoms with Gasteiger partial charge in [0, 0.05) is 0 Å². The molecule has 9 heteroatoms. The summed E-state index contributed by atoms with van der Waals surface area (Å²) in [6, 6.07) is 0. The summed E-state index contributed by atoms with van der Waals surface area (Å²) in [5, 5.41) is 18.9. The Morgan fingerprint density at radius 1 is 1.39 bits per heavy atom. The summed E-state index contributed by atoms with van der Waals surface area (Å²) in [6.07, 6.45) is -0.364. The van der Waals surface area contributed by atoms with Gasteiger partial charge in [0.1, 0.15) is 17.9 Å². The maximum atomic E-state index is 10.7. The minimum absolute atomic E-state index is 0.0863. The Kier molecular flexibility index (Phi) is 3.08. The van der Waals surface area contributed by atoms with Crippen LogP contribution in [0.4, 0.5) is 5.82 Å². The quantitative estimate of drug-likeness (QED) is 0.473. The molecule has 0 radical (unpaired) electrons. The molecular weight excluding hydrogens is 240 g/mol. The highest BCUT2D eigenvalue weighted by Crippen LogP contribution is 2.14. The highest BCUT2D eigenvalue weighted by Gasteiger charge is 2.23. The van der Waals surface area contributed by atoms with Crippen LogP contribution in [-0.2, 0) is 11.3 Å². The van der Waals surface area contributed by atoms with Gasteiger partial charge >= 0.3 is 0 Å². The lowest BCUT2D eigenvalue weighted by atomic mass is 10.2. The van der Waals surface area contributed by atoms with Gasteiger partial charge in [-0.2, -0.15) is 0 Å². The Morgan fingerprint density at radius 2 is 2.11 bits per heavy atom.